The molecule has 1 fully saturated rings. The Morgan fingerprint density at radius 3 is 2.60 bits per heavy atom. The summed E-state index contributed by atoms with van der Waals surface area (Å²) in [4.78, 5) is 16.4. The smallest absolute Gasteiger partial charge is 0.254 e. The molecule has 0 radical (unpaired) electrons. The number of rotatable bonds is 4. The van der Waals surface area contributed by atoms with Gasteiger partial charge in [-0.1, -0.05) is 12.1 Å². The molecular weight excluding hydrogens is 276 g/mol. The zero-order chi connectivity index (χ0) is 14.7. The van der Waals surface area contributed by atoms with Crippen LogP contribution < -0.4 is 0 Å². The molecule has 20 heavy (non-hydrogen) atoms. The molecule has 0 bridgehead atoms. The molecule has 5 heteroatoms. The summed E-state index contributed by atoms with van der Waals surface area (Å²) in [6.45, 7) is 1.18. The third-order valence-electron chi connectivity index (χ3n) is 3.58. The van der Waals surface area contributed by atoms with Crippen LogP contribution in [0.4, 0.5) is 0 Å². The molecule has 1 aliphatic heterocycles. The number of amides is 1. The number of likely N-dealkylation sites (tertiary alicyclic amines) is 1. The van der Waals surface area contributed by atoms with E-state index < -0.39 is 6.10 Å². The lowest BCUT2D eigenvalue weighted by Gasteiger charge is -2.27. The van der Waals surface area contributed by atoms with Crippen LogP contribution in [0.3, 0.4) is 0 Å². The summed E-state index contributed by atoms with van der Waals surface area (Å²) >= 11 is 5.75. The number of aliphatic hydroxyl groups excluding tert-OH is 1. The summed E-state index contributed by atoms with van der Waals surface area (Å²) in [6, 6.07) is 7.41. The van der Waals surface area contributed by atoms with Crippen LogP contribution in [0, 0.1) is 0 Å². The Labute approximate surface area is 124 Å². The van der Waals surface area contributed by atoms with E-state index in [-0.39, 0.29) is 11.9 Å². The molecule has 4 nitrogen and oxygen atoms in total. The maximum Gasteiger partial charge on any atom is 0.254 e. The van der Waals surface area contributed by atoms with Crippen LogP contribution in [0.15, 0.2) is 24.3 Å². The second kappa shape index (κ2) is 6.57. The lowest BCUT2D eigenvalue weighted by Crippen LogP contribution is -2.41. The minimum atomic E-state index is -0.425. The van der Waals surface area contributed by atoms with Crippen LogP contribution in [0.1, 0.15) is 22.3 Å². The first-order valence-electron chi connectivity index (χ1n) is 6.80. The predicted molar refractivity (Wildman–Crippen MR) is 80.0 cm³/mol. The zero-order valence-corrected chi connectivity index (χ0v) is 12.7. The van der Waals surface area contributed by atoms with E-state index in [1.54, 1.807) is 17.0 Å². The Morgan fingerprint density at radius 1 is 1.40 bits per heavy atom. The first-order valence-corrected chi connectivity index (χ1v) is 7.33. The van der Waals surface area contributed by atoms with Crippen molar-refractivity contribution in [1.29, 1.82) is 0 Å². The number of carbonyl (C=O) groups is 1. The monoisotopic (exact) mass is 296 g/mol. The fraction of sp³-hybridized carbons (Fsp3) is 0.533. The normalized spacial score (nSPS) is 22.6. The van der Waals surface area contributed by atoms with E-state index in [2.05, 4.69) is 0 Å². The van der Waals surface area contributed by atoms with Crippen LogP contribution >= 0.6 is 11.6 Å². The molecule has 1 saturated heterocycles. The molecule has 0 spiro atoms. The molecule has 2 atom stereocenters. The maximum absolute atomic E-state index is 12.5. The largest absolute Gasteiger partial charge is 0.391 e. The predicted octanol–water partition coefficient (Wildman–Crippen LogP) is 1.56. The summed E-state index contributed by atoms with van der Waals surface area (Å²) in [7, 11) is 3.95. The van der Waals surface area contributed by atoms with Crippen molar-refractivity contribution >= 4 is 17.5 Å². The fourth-order valence-electron chi connectivity index (χ4n) is 2.64. The lowest BCUT2D eigenvalue weighted by molar-refractivity contribution is 0.0699. The summed E-state index contributed by atoms with van der Waals surface area (Å²) in [6.07, 6.45) is 0.218. The SMILES string of the molecule is CN(C)CC1CC(O)CN1C(=O)c1ccc(CCl)cc1. The van der Waals surface area contributed by atoms with Crippen LogP contribution in [0.25, 0.3) is 0 Å². The van der Waals surface area contributed by atoms with Crippen LogP contribution in [0.2, 0.25) is 0 Å². The Balaban J connectivity index is 2.13. The topological polar surface area (TPSA) is 43.8 Å². The number of benzene rings is 1. The molecule has 2 unspecified atom stereocenters. The van der Waals surface area contributed by atoms with Gasteiger partial charge in [-0.3, -0.25) is 4.79 Å². The molecule has 1 aromatic rings. The number of carbonyl (C=O) groups excluding carboxylic acids is 1. The Bertz CT molecular complexity index is 461. The van der Waals surface area contributed by atoms with Gasteiger partial charge in [0.25, 0.3) is 5.91 Å². The van der Waals surface area contributed by atoms with Gasteiger partial charge in [0.1, 0.15) is 0 Å². The Kier molecular flexibility index (Phi) is 5.02. The van der Waals surface area contributed by atoms with Crippen molar-refractivity contribution in [3.05, 3.63) is 35.4 Å². The molecule has 2 rings (SSSR count). The van der Waals surface area contributed by atoms with Gasteiger partial charge >= 0.3 is 0 Å². The van der Waals surface area contributed by atoms with Crippen molar-refractivity contribution in [2.75, 3.05) is 27.2 Å². The number of aliphatic hydroxyl groups is 1. The van der Waals surface area contributed by atoms with Crippen LogP contribution in [0.5, 0.6) is 0 Å². The first kappa shape index (κ1) is 15.3. The van der Waals surface area contributed by atoms with Crippen molar-refractivity contribution in [3.8, 4) is 0 Å². The highest BCUT2D eigenvalue weighted by Gasteiger charge is 2.34. The van der Waals surface area contributed by atoms with Gasteiger partial charge in [-0.25, -0.2) is 0 Å². The van der Waals surface area contributed by atoms with E-state index >= 15 is 0 Å². The zero-order valence-electron chi connectivity index (χ0n) is 11.9. The van der Waals surface area contributed by atoms with Gasteiger partial charge in [0.2, 0.25) is 0 Å². The maximum atomic E-state index is 12.5. The van der Waals surface area contributed by atoms with E-state index in [0.29, 0.717) is 24.4 Å². The third kappa shape index (κ3) is 3.51. The molecule has 0 aliphatic carbocycles. The van der Waals surface area contributed by atoms with Crippen molar-refractivity contribution in [3.63, 3.8) is 0 Å². The van der Waals surface area contributed by atoms with Gasteiger partial charge in [0.15, 0.2) is 0 Å². The average Bonchev–Trinajstić information content (AvgIpc) is 2.78. The van der Waals surface area contributed by atoms with Gasteiger partial charge < -0.3 is 14.9 Å². The average molecular weight is 297 g/mol. The highest BCUT2D eigenvalue weighted by atomic mass is 35.5. The van der Waals surface area contributed by atoms with Gasteiger partial charge in [0, 0.05) is 30.6 Å². The van der Waals surface area contributed by atoms with Gasteiger partial charge in [-0.05, 0) is 38.2 Å². The number of likely N-dealkylation sites (N-methyl/N-ethyl adjacent to an activating group) is 1. The van der Waals surface area contributed by atoms with Crippen LogP contribution in [-0.2, 0) is 5.88 Å². The van der Waals surface area contributed by atoms with E-state index in [1.165, 1.54) is 0 Å². The molecule has 0 aromatic heterocycles. The lowest BCUT2D eigenvalue weighted by atomic mass is 10.1. The van der Waals surface area contributed by atoms with E-state index in [0.717, 1.165) is 12.1 Å². The van der Waals surface area contributed by atoms with Crippen molar-refractivity contribution in [2.24, 2.45) is 0 Å². The number of halogens is 1. The standard InChI is InChI=1S/C15H21ClN2O2/c1-17(2)9-13-7-14(19)10-18(13)15(20)12-5-3-11(8-16)4-6-12/h3-6,13-14,19H,7-10H2,1-2H3. The Hall–Kier alpha value is -1.10. The van der Waals surface area contributed by atoms with Crippen molar-refractivity contribution in [2.45, 2.75) is 24.4 Å². The number of hydrogen-bond donors (Lipinski definition) is 1. The first-order chi connectivity index (χ1) is 9.51. The second-order valence-corrected chi connectivity index (χ2v) is 5.86. The molecule has 110 valence electrons. The summed E-state index contributed by atoms with van der Waals surface area (Å²) in [5.41, 5.74) is 1.64. The van der Waals surface area contributed by atoms with Gasteiger partial charge in [0.05, 0.1) is 6.10 Å². The number of alkyl halides is 1. The highest BCUT2D eigenvalue weighted by molar-refractivity contribution is 6.17. The molecule has 1 heterocycles. The summed E-state index contributed by atoms with van der Waals surface area (Å²) < 4.78 is 0. The number of β-amino-alcohol motifs (C(OH)–C–C–N with tert-alkyl or cyclic N) is 1. The fourth-order valence-corrected chi connectivity index (χ4v) is 2.82. The summed E-state index contributed by atoms with van der Waals surface area (Å²) in [5.74, 6) is 0.426. The summed E-state index contributed by atoms with van der Waals surface area (Å²) in [5, 5.41) is 9.83. The van der Waals surface area contributed by atoms with Gasteiger partial charge in [-0.2, -0.15) is 0 Å². The molecule has 1 aliphatic rings. The Morgan fingerprint density at radius 2 is 2.05 bits per heavy atom. The minimum absolute atomic E-state index is 0.0190. The van der Waals surface area contributed by atoms with E-state index in [4.69, 9.17) is 11.6 Å². The van der Waals surface area contributed by atoms with E-state index in [9.17, 15) is 9.90 Å². The minimum Gasteiger partial charge on any atom is -0.391 e. The van der Waals surface area contributed by atoms with Crippen molar-refractivity contribution < 1.29 is 9.90 Å². The molecule has 0 saturated carbocycles. The van der Waals surface area contributed by atoms with E-state index in [1.807, 2.05) is 31.1 Å². The van der Waals surface area contributed by atoms with Crippen molar-refractivity contribution in [1.82, 2.24) is 9.80 Å². The van der Waals surface area contributed by atoms with Crippen LogP contribution in [-0.4, -0.2) is 60.1 Å². The molecule has 1 amide bonds. The second-order valence-electron chi connectivity index (χ2n) is 5.59. The molecule has 1 aromatic carbocycles. The molecule has 1 N–H and O–H groups in total. The molecular formula is C15H21ClN2O2. The third-order valence-corrected chi connectivity index (χ3v) is 3.89. The van der Waals surface area contributed by atoms with Gasteiger partial charge in [-0.15, -0.1) is 11.6 Å². The number of nitrogens with zero attached hydrogens (tertiary/aromatic N) is 2. The highest BCUT2D eigenvalue weighted by Crippen LogP contribution is 2.21. The number of hydrogen-bond acceptors (Lipinski definition) is 3. The quantitative estimate of drug-likeness (QED) is 0.858.